The van der Waals surface area contributed by atoms with Gasteiger partial charge in [-0.3, -0.25) is 14.9 Å². The van der Waals surface area contributed by atoms with E-state index in [0.29, 0.717) is 12.1 Å². The summed E-state index contributed by atoms with van der Waals surface area (Å²) >= 11 is 1.59. The number of nitrogen functional groups attached to an aromatic ring is 1. The molecular formula is C14H15N3O3S. The quantitative estimate of drug-likeness (QED) is 0.504. The molecule has 1 heterocycles. The van der Waals surface area contributed by atoms with Crippen molar-refractivity contribution in [3.8, 4) is 0 Å². The maximum absolute atomic E-state index is 12.2. The number of nitrogens with one attached hydrogen (secondary N) is 1. The minimum absolute atomic E-state index is 0.0165. The number of nitro benzene ring substituents is 1. The number of rotatable bonds is 5. The van der Waals surface area contributed by atoms with E-state index in [1.807, 2.05) is 23.8 Å². The van der Waals surface area contributed by atoms with Gasteiger partial charge in [0.2, 0.25) is 0 Å². The van der Waals surface area contributed by atoms with Crippen molar-refractivity contribution in [2.45, 2.75) is 19.4 Å². The molecular weight excluding hydrogens is 290 g/mol. The second kappa shape index (κ2) is 6.36. The molecule has 3 N–H and O–H groups in total. The first-order valence-electron chi connectivity index (χ1n) is 6.33. The third-order valence-corrected chi connectivity index (χ3v) is 3.69. The average Bonchev–Trinajstić information content (AvgIpc) is 2.90. The van der Waals surface area contributed by atoms with Crippen LogP contribution in [0.1, 0.15) is 22.8 Å². The van der Waals surface area contributed by atoms with Gasteiger partial charge in [-0.25, -0.2) is 0 Å². The van der Waals surface area contributed by atoms with E-state index in [4.69, 9.17) is 5.73 Å². The van der Waals surface area contributed by atoms with Crippen molar-refractivity contribution < 1.29 is 9.72 Å². The van der Waals surface area contributed by atoms with Gasteiger partial charge >= 0.3 is 0 Å². The second-order valence-corrected chi connectivity index (χ2v) is 5.52. The fourth-order valence-electron chi connectivity index (χ4n) is 2.01. The van der Waals surface area contributed by atoms with E-state index in [1.165, 1.54) is 18.2 Å². The summed E-state index contributed by atoms with van der Waals surface area (Å²) in [5.41, 5.74) is 6.78. The van der Waals surface area contributed by atoms with Crippen LogP contribution in [0.4, 0.5) is 11.4 Å². The van der Waals surface area contributed by atoms with E-state index >= 15 is 0 Å². The Labute approximate surface area is 125 Å². The zero-order valence-electron chi connectivity index (χ0n) is 11.4. The highest BCUT2D eigenvalue weighted by molar-refractivity contribution is 7.07. The zero-order valence-corrected chi connectivity index (χ0v) is 12.2. The number of amides is 1. The maximum Gasteiger partial charge on any atom is 0.282 e. The predicted octanol–water partition coefficient (Wildman–Crippen LogP) is 2.60. The molecule has 0 aliphatic carbocycles. The van der Waals surface area contributed by atoms with Crippen LogP contribution in [0.3, 0.4) is 0 Å². The van der Waals surface area contributed by atoms with E-state index in [-0.39, 0.29) is 17.3 Å². The summed E-state index contributed by atoms with van der Waals surface area (Å²) in [7, 11) is 0. The number of nitrogens with two attached hydrogens (primary N) is 1. The van der Waals surface area contributed by atoms with Crippen molar-refractivity contribution >= 4 is 28.6 Å². The summed E-state index contributed by atoms with van der Waals surface area (Å²) in [5, 5.41) is 17.7. The summed E-state index contributed by atoms with van der Waals surface area (Å²) in [6, 6.07) is 5.83. The number of carbonyl (C=O) groups is 1. The van der Waals surface area contributed by atoms with Crippen LogP contribution in [0.15, 0.2) is 35.0 Å². The molecule has 0 aliphatic heterocycles. The Morgan fingerprint density at radius 2 is 2.24 bits per heavy atom. The van der Waals surface area contributed by atoms with E-state index in [0.717, 1.165) is 5.56 Å². The molecule has 6 nitrogen and oxygen atoms in total. The van der Waals surface area contributed by atoms with Crippen molar-refractivity contribution in [1.82, 2.24) is 5.32 Å². The van der Waals surface area contributed by atoms with Crippen molar-refractivity contribution in [3.63, 3.8) is 0 Å². The van der Waals surface area contributed by atoms with Crippen LogP contribution in [0.2, 0.25) is 0 Å². The van der Waals surface area contributed by atoms with Crippen LogP contribution in [0.25, 0.3) is 0 Å². The molecule has 0 spiro atoms. The largest absolute Gasteiger partial charge is 0.399 e. The fourth-order valence-corrected chi connectivity index (χ4v) is 2.69. The molecule has 1 atom stereocenters. The third kappa shape index (κ3) is 3.79. The van der Waals surface area contributed by atoms with Gasteiger partial charge in [-0.1, -0.05) is 0 Å². The lowest BCUT2D eigenvalue weighted by atomic mass is 10.1. The molecule has 7 heteroatoms. The highest BCUT2D eigenvalue weighted by Crippen LogP contribution is 2.21. The molecule has 1 unspecified atom stereocenters. The Kier molecular flexibility index (Phi) is 4.54. The summed E-state index contributed by atoms with van der Waals surface area (Å²) < 4.78 is 0. The van der Waals surface area contributed by atoms with Gasteiger partial charge in [-0.2, -0.15) is 11.3 Å². The van der Waals surface area contributed by atoms with E-state index in [9.17, 15) is 14.9 Å². The minimum atomic E-state index is -0.585. The topological polar surface area (TPSA) is 98.3 Å². The molecule has 110 valence electrons. The van der Waals surface area contributed by atoms with Crippen molar-refractivity contribution in [3.05, 3.63) is 56.3 Å². The minimum Gasteiger partial charge on any atom is -0.399 e. The van der Waals surface area contributed by atoms with E-state index in [1.54, 1.807) is 11.3 Å². The van der Waals surface area contributed by atoms with Crippen LogP contribution >= 0.6 is 11.3 Å². The number of hydrogen-bond acceptors (Lipinski definition) is 5. The average molecular weight is 305 g/mol. The highest BCUT2D eigenvalue weighted by Gasteiger charge is 2.21. The number of benzene rings is 1. The number of thiophene rings is 1. The standard InChI is InChI=1S/C14H15N3O3S/c1-9(6-10-4-5-21-8-10)16-14(18)12-7-11(15)2-3-13(12)17(19)20/h2-5,7-9H,6,15H2,1H3,(H,16,18). The normalized spacial score (nSPS) is 11.9. The molecule has 2 rings (SSSR count). The van der Waals surface area contributed by atoms with E-state index < -0.39 is 10.8 Å². The highest BCUT2D eigenvalue weighted by atomic mass is 32.1. The first kappa shape index (κ1) is 15.0. The van der Waals surface area contributed by atoms with Gasteiger partial charge < -0.3 is 11.1 Å². The smallest absolute Gasteiger partial charge is 0.282 e. The molecule has 0 fully saturated rings. The Bertz CT molecular complexity index is 655. The fraction of sp³-hybridized carbons (Fsp3) is 0.214. The van der Waals surface area contributed by atoms with E-state index in [2.05, 4.69) is 5.32 Å². The predicted molar refractivity (Wildman–Crippen MR) is 82.5 cm³/mol. The lowest BCUT2D eigenvalue weighted by molar-refractivity contribution is -0.385. The number of hydrogen-bond donors (Lipinski definition) is 2. The molecule has 0 aliphatic rings. The molecule has 1 aromatic carbocycles. The lowest BCUT2D eigenvalue weighted by Crippen LogP contribution is -2.34. The Hall–Kier alpha value is -2.41. The van der Waals surface area contributed by atoms with Crippen LogP contribution in [0, 0.1) is 10.1 Å². The summed E-state index contributed by atoms with van der Waals surface area (Å²) in [6.07, 6.45) is 0.672. The van der Waals surface area contributed by atoms with Gasteiger partial charge in [0.25, 0.3) is 11.6 Å². The molecule has 0 saturated heterocycles. The Morgan fingerprint density at radius 3 is 2.86 bits per heavy atom. The molecule has 0 radical (unpaired) electrons. The number of nitro groups is 1. The number of nitrogens with zero attached hydrogens (tertiary/aromatic N) is 1. The molecule has 0 saturated carbocycles. The molecule has 0 bridgehead atoms. The van der Waals surface area contributed by atoms with Crippen LogP contribution in [-0.4, -0.2) is 16.9 Å². The first-order valence-corrected chi connectivity index (χ1v) is 7.27. The van der Waals surface area contributed by atoms with Crippen molar-refractivity contribution in [2.75, 3.05) is 5.73 Å². The van der Waals surface area contributed by atoms with Crippen LogP contribution in [-0.2, 0) is 6.42 Å². The monoisotopic (exact) mass is 305 g/mol. The SMILES string of the molecule is CC(Cc1ccsc1)NC(=O)c1cc(N)ccc1[N+](=O)[O-]. The summed E-state index contributed by atoms with van der Waals surface area (Å²) in [4.78, 5) is 22.6. The van der Waals surface area contributed by atoms with Gasteiger partial charge in [0, 0.05) is 17.8 Å². The van der Waals surface area contributed by atoms with Crippen LogP contribution in [0.5, 0.6) is 0 Å². The third-order valence-electron chi connectivity index (χ3n) is 2.96. The molecule has 1 amide bonds. The van der Waals surface area contributed by atoms with Crippen LogP contribution < -0.4 is 11.1 Å². The lowest BCUT2D eigenvalue weighted by Gasteiger charge is -2.13. The summed E-state index contributed by atoms with van der Waals surface area (Å²) in [6.45, 7) is 1.85. The molecule has 1 aromatic heterocycles. The summed E-state index contributed by atoms with van der Waals surface area (Å²) in [5.74, 6) is -0.489. The molecule has 21 heavy (non-hydrogen) atoms. The number of carbonyl (C=O) groups excluding carboxylic acids is 1. The van der Waals surface area contributed by atoms with Gasteiger partial charge in [0.15, 0.2) is 0 Å². The van der Waals surface area contributed by atoms with Gasteiger partial charge in [0.1, 0.15) is 5.56 Å². The number of anilines is 1. The second-order valence-electron chi connectivity index (χ2n) is 4.74. The van der Waals surface area contributed by atoms with Gasteiger partial charge in [0.05, 0.1) is 4.92 Å². The maximum atomic E-state index is 12.2. The van der Waals surface area contributed by atoms with Crippen molar-refractivity contribution in [1.29, 1.82) is 0 Å². The Balaban J connectivity index is 2.12. The zero-order chi connectivity index (χ0) is 15.4. The van der Waals surface area contributed by atoms with Gasteiger partial charge in [-0.15, -0.1) is 0 Å². The first-order chi connectivity index (χ1) is 9.97. The Morgan fingerprint density at radius 1 is 1.48 bits per heavy atom. The molecule has 2 aromatic rings. The van der Waals surface area contributed by atoms with Crippen molar-refractivity contribution in [2.24, 2.45) is 0 Å². The van der Waals surface area contributed by atoms with Gasteiger partial charge in [-0.05, 0) is 47.9 Å².